The van der Waals surface area contributed by atoms with E-state index in [4.69, 9.17) is 0 Å². The van der Waals surface area contributed by atoms with Crippen LogP contribution in [0.5, 0.6) is 0 Å². The van der Waals surface area contributed by atoms with E-state index in [1.54, 1.807) is 13.1 Å². The van der Waals surface area contributed by atoms with E-state index in [-0.39, 0.29) is 0 Å². The Morgan fingerprint density at radius 1 is 1.33 bits per heavy atom. The zero-order chi connectivity index (χ0) is 11.0. The summed E-state index contributed by atoms with van der Waals surface area (Å²) in [6.07, 6.45) is 1.17. The van der Waals surface area contributed by atoms with Crippen LogP contribution in [-0.2, 0) is 0 Å². The minimum atomic E-state index is -0.504. The largest absolute Gasteiger partial charge is 0.389 e. The third-order valence-electron chi connectivity index (χ3n) is 2.44. The zero-order valence-corrected chi connectivity index (χ0v) is 9.15. The molecule has 4 nitrogen and oxygen atoms in total. The summed E-state index contributed by atoms with van der Waals surface area (Å²) in [5.74, 6) is 1.24. The standard InChI is InChI=1S/C11H15N3O/c1-6(2)10-13-9-8(7(3)15)4-5-12-11(9)14-10/h4-7,15H,1-3H3,(H,12,13,14). The van der Waals surface area contributed by atoms with Crippen LogP contribution in [0.2, 0.25) is 0 Å². The fourth-order valence-corrected chi connectivity index (χ4v) is 1.57. The number of rotatable bonds is 2. The van der Waals surface area contributed by atoms with Gasteiger partial charge in [0.1, 0.15) is 5.82 Å². The number of aromatic amines is 1. The average molecular weight is 205 g/mol. The Labute approximate surface area is 88.4 Å². The molecule has 0 aliphatic rings. The number of fused-ring (bicyclic) bond motifs is 1. The van der Waals surface area contributed by atoms with Gasteiger partial charge in [0.05, 0.1) is 11.6 Å². The molecular weight excluding hydrogens is 190 g/mol. The fourth-order valence-electron chi connectivity index (χ4n) is 1.57. The summed E-state index contributed by atoms with van der Waals surface area (Å²) in [5, 5.41) is 9.59. The van der Waals surface area contributed by atoms with Crippen LogP contribution >= 0.6 is 0 Å². The van der Waals surface area contributed by atoms with Gasteiger partial charge in [-0.25, -0.2) is 9.97 Å². The zero-order valence-electron chi connectivity index (χ0n) is 9.15. The molecule has 2 aromatic heterocycles. The Balaban J connectivity index is 2.64. The molecule has 0 aromatic carbocycles. The molecule has 0 aliphatic heterocycles. The number of pyridine rings is 1. The minimum absolute atomic E-state index is 0.334. The van der Waals surface area contributed by atoms with Gasteiger partial charge in [0.25, 0.3) is 0 Å². The highest BCUT2D eigenvalue weighted by Gasteiger charge is 2.12. The molecular formula is C11H15N3O. The van der Waals surface area contributed by atoms with Gasteiger partial charge < -0.3 is 10.1 Å². The van der Waals surface area contributed by atoms with Gasteiger partial charge in [0.2, 0.25) is 0 Å². The summed E-state index contributed by atoms with van der Waals surface area (Å²) < 4.78 is 0. The van der Waals surface area contributed by atoms with Crippen LogP contribution in [0.25, 0.3) is 11.2 Å². The molecule has 2 aromatic rings. The topological polar surface area (TPSA) is 61.8 Å². The summed E-state index contributed by atoms with van der Waals surface area (Å²) >= 11 is 0. The maximum atomic E-state index is 9.59. The lowest BCUT2D eigenvalue weighted by molar-refractivity contribution is 0.200. The second-order valence-electron chi connectivity index (χ2n) is 4.05. The molecule has 80 valence electrons. The molecule has 4 heteroatoms. The number of aliphatic hydroxyl groups excluding tert-OH is 1. The molecule has 1 atom stereocenters. The Morgan fingerprint density at radius 2 is 2.07 bits per heavy atom. The number of aliphatic hydroxyl groups is 1. The number of nitrogens with one attached hydrogen (secondary N) is 1. The summed E-state index contributed by atoms with van der Waals surface area (Å²) in [6, 6.07) is 1.81. The number of aromatic nitrogens is 3. The molecule has 0 radical (unpaired) electrons. The van der Waals surface area contributed by atoms with Crippen LogP contribution < -0.4 is 0 Å². The molecule has 0 aliphatic carbocycles. The van der Waals surface area contributed by atoms with Gasteiger partial charge >= 0.3 is 0 Å². The van der Waals surface area contributed by atoms with Crippen LogP contribution in [0, 0.1) is 0 Å². The van der Waals surface area contributed by atoms with Crippen molar-refractivity contribution in [2.75, 3.05) is 0 Å². The first-order valence-electron chi connectivity index (χ1n) is 5.12. The number of nitrogens with zero attached hydrogens (tertiary/aromatic N) is 2. The third kappa shape index (κ3) is 1.72. The van der Waals surface area contributed by atoms with Crippen LogP contribution in [0.4, 0.5) is 0 Å². The SMILES string of the molecule is CC(C)c1nc2nccc(C(C)O)c2[nH]1. The van der Waals surface area contributed by atoms with Crippen molar-refractivity contribution in [1.29, 1.82) is 0 Å². The number of hydrogen-bond donors (Lipinski definition) is 2. The predicted molar refractivity (Wildman–Crippen MR) is 58.6 cm³/mol. The van der Waals surface area contributed by atoms with Crippen molar-refractivity contribution in [2.24, 2.45) is 0 Å². The summed E-state index contributed by atoms with van der Waals surface area (Å²) in [7, 11) is 0. The van der Waals surface area contributed by atoms with Crippen LogP contribution in [-0.4, -0.2) is 20.1 Å². The molecule has 2 rings (SSSR count). The van der Waals surface area contributed by atoms with Crippen molar-refractivity contribution < 1.29 is 5.11 Å². The van der Waals surface area contributed by atoms with Crippen LogP contribution in [0.1, 0.15) is 44.2 Å². The first kappa shape index (κ1) is 10.1. The highest BCUT2D eigenvalue weighted by Crippen LogP contribution is 2.22. The number of imidazole rings is 1. The van der Waals surface area contributed by atoms with Crippen molar-refractivity contribution in [1.82, 2.24) is 15.0 Å². The van der Waals surface area contributed by atoms with Gasteiger partial charge in [-0.3, -0.25) is 0 Å². The van der Waals surface area contributed by atoms with Crippen molar-refractivity contribution in [3.05, 3.63) is 23.7 Å². The Kier molecular flexibility index (Phi) is 2.44. The number of H-pyrrole nitrogens is 1. The molecule has 0 spiro atoms. The second kappa shape index (κ2) is 3.62. The monoisotopic (exact) mass is 205 g/mol. The van der Waals surface area contributed by atoms with Gasteiger partial charge in [0.15, 0.2) is 5.65 Å². The van der Waals surface area contributed by atoms with E-state index >= 15 is 0 Å². The maximum absolute atomic E-state index is 9.59. The first-order chi connectivity index (χ1) is 7.09. The molecule has 0 amide bonds. The lowest BCUT2D eigenvalue weighted by Gasteiger charge is -2.04. The Hall–Kier alpha value is -1.42. The first-order valence-corrected chi connectivity index (χ1v) is 5.12. The maximum Gasteiger partial charge on any atom is 0.178 e. The van der Waals surface area contributed by atoms with E-state index in [1.807, 2.05) is 6.07 Å². The lowest BCUT2D eigenvalue weighted by atomic mass is 10.1. The van der Waals surface area contributed by atoms with Crippen molar-refractivity contribution in [2.45, 2.75) is 32.8 Å². The Morgan fingerprint density at radius 3 is 2.67 bits per heavy atom. The molecule has 1 unspecified atom stereocenters. The molecule has 0 bridgehead atoms. The highest BCUT2D eigenvalue weighted by molar-refractivity contribution is 5.75. The van der Waals surface area contributed by atoms with E-state index < -0.39 is 6.10 Å². The van der Waals surface area contributed by atoms with Crippen molar-refractivity contribution in [3.63, 3.8) is 0 Å². The van der Waals surface area contributed by atoms with E-state index in [2.05, 4.69) is 28.8 Å². The third-order valence-corrected chi connectivity index (χ3v) is 2.44. The normalized spacial score (nSPS) is 13.7. The molecule has 2 N–H and O–H groups in total. The summed E-state index contributed by atoms with van der Waals surface area (Å²) in [4.78, 5) is 11.8. The van der Waals surface area contributed by atoms with Gasteiger partial charge in [-0.2, -0.15) is 0 Å². The van der Waals surface area contributed by atoms with Gasteiger partial charge in [-0.05, 0) is 13.0 Å². The quantitative estimate of drug-likeness (QED) is 0.789. The molecule has 15 heavy (non-hydrogen) atoms. The predicted octanol–water partition coefficient (Wildman–Crippen LogP) is 2.13. The second-order valence-corrected chi connectivity index (χ2v) is 4.05. The molecule has 0 saturated heterocycles. The minimum Gasteiger partial charge on any atom is -0.389 e. The summed E-state index contributed by atoms with van der Waals surface area (Å²) in [5.41, 5.74) is 2.37. The van der Waals surface area contributed by atoms with Crippen molar-refractivity contribution in [3.8, 4) is 0 Å². The highest BCUT2D eigenvalue weighted by atomic mass is 16.3. The fraction of sp³-hybridized carbons (Fsp3) is 0.455. The van der Waals surface area contributed by atoms with E-state index in [1.165, 1.54) is 0 Å². The van der Waals surface area contributed by atoms with Gasteiger partial charge in [-0.1, -0.05) is 13.8 Å². The van der Waals surface area contributed by atoms with E-state index in [9.17, 15) is 5.11 Å². The van der Waals surface area contributed by atoms with Crippen molar-refractivity contribution >= 4 is 11.2 Å². The van der Waals surface area contributed by atoms with Crippen LogP contribution in [0.3, 0.4) is 0 Å². The molecule has 0 fully saturated rings. The Bertz CT molecular complexity index is 474. The van der Waals surface area contributed by atoms with E-state index in [0.717, 1.165) is 16.9 Å². The lowest BCUT2D eigenvalue weighted by Crippen LogP contribution is -1.93. The molecule has 0 saturated carbocycles. The summed E-state index contributed by atoms with van der Waals surface area (Å²) in [6.45, 7) is 5.88. The van der Waals surface area contributed by atoms with E-state index in [0.29, 0.717) is 11.6 Å². The van der Waals surface area contributed by atoms with Crippen LogP contribution in [0.15, 0.2) is 12.3 Å². The molecule has 2 heterocycles. The van der Waals surface area contributed by atoms with Gasteiger partial charge in [0, 0.05) is 17.7 Å². The smallest absolute Gasteiger partial charge is 0.178 e. The number of hydrogen-bond acceptors (Lipinski definition) is 3. The average Bonchev–Trinajstić information content (AvgIpc) is 2.60. The van der Waals surface area contributed by atoms with Gasteiger partial charge in [-0.15, -0.1) is 0 Å².